The van der Waals surface area contributed by atoms with Crippen molar-refractivity contribution in [2.45, 2.75) is 26.6 Å². The third-order valence-corrected chi connectivity index (χ3v) is 8.36. The van der Waals surface area contributed by atoms with Crippen LogP contribution in [0.1, 0.15) is 41.1 Å². The van der Waals surface area contributed by atoms with Crippen LogP contribution in [0.5, 0.6) is 0 Å². The number of halogens is 3. The average Bonchev–Trinajstić information content (AvgIpc) is 3.36. The van der Waals surface area contributed by atoms with Gasteiger partial charge in [0.15, 0.2) is 0 Å². The normalized spacial score (nSPS) is 19.3. The molecule has 3 N–H and O–H groups in total. The van der Waals surface area contributed by atoms with Crippen molar-refractivity contribution >= 4 is 34.7 Å². The van der Waals surface area contributed by atoms with Gasteiger partial charge in [0.1, 0.15) is 17.2 Å². The molecular weight excluding hydrogens is 547 g/mol. The van der Waals surface area contributed by atoms with Crippen molar-refractivity contribution in [1.29, 1.82) is 0 Å². The average molecular weight is 576 g/mol. The summed E-state index contributed by atoms with van der Waals surface area (Å²) in [7, 11) is 0. The number of furan rings is 1. The van der Waals surface area contributed by atoms with E-state index in [2.05, 4.69) is 29.1 Å². The molecule has 216 valence electrons. The van der Waals surface area contributed by atoms with Crippen molar-refractivity contribution in [2.24, 2.45) is 17.3 Å². The second kappa shape index (κ2) is 10.0. The van der Waals surface area contributed by atoms with Crippen LogP contribution in [0.2, 0.25) is 0 Å². The summed E-state index contributed by atoms with van der Waals surface area (Å²) in [5.41, 5.74) is 6.12. The summed E-state index contributed by atoms with van der Waals surface area (Å²) in [4.78, 5) is 35.3. The fraction of sp³-hybridized carbons (Fsp3) is 0.290. The van der Waals surface area contributed by atoms with Crippen LogP contribution in [-0.2, 0) is 17.5 Å². The Labute approximate surface area is 239 Å². The summed E-state index contributed by atoms with van der Waals surface area (Å²) in [6.07, 6.45) is 1.04. The summed E-state index contributed by atoms with van der Waals surface area (Å²) >= 11 is 0. The van der Waals surface area contributed by atoms with Gasteiger partial charge >= 0.3 is 6.18 Å². The molecule has 1 saturated carbocycles. The Hall–Kier alpha value is -4.67. The number of nitrogen functional groups attached to an aromatic ring is 1. The molecule has 2 fully saturated rings. The number of pyridine rings is 2. The van der Waals surface area contributed by atoms with Gasteiger partial charge in [0.05, 0.1) is 23.4 Å². The molecule has 1 saturated heterocycles. The molecule has 3 aromatic heterocycles. The van der Waals surface area contributed by atoms with Gasteiger partial charge in [0.2, 0.25) is 5.91 Å². The molecule has 2 amide bonds. The molecule has 2 atom stereocenters. The third-order valence-electron chi connectivity index (χ3n) is 8.36. The quantitative estimate of drug-likeness (QED) is 0.292. The van der Waals surface area contributed by atoms with E-state index in [1.807, 2.05) is 4.90 Å². The van der Waals surface area contributed by atoms with Gasteiger partial charge in [0.25, 0.3) is 5.91 Å². The van der Waals surface area contributed by atoms with E-state index in [0.717, 1.165) is 6.07 Å². The first-order chi connectivity index (χ1) is 19.9. The van der Waals surface area contributed by atoms with Crippen LogP contribution in [0.4, 0.5) is 19.0 Å². The molecule has 0 radical (unpaired) electrons. The minimum atomic E-state index is -4.69. The molecular formula is C31H28F3N5O3. The standard InChI is InChI=1S/C31H28F3N5O3/c1-30(2)23-15-39(16-24(23)30)29(41)18-5-6-25(36-13-18)19-9-20-10-21(42-28(20)22(11-19)31(32,33)34)14-38-27(40)8-4-17-3-7-26(35)37-12-17/h3-13,23-24H,14-16H2,1-2H3,(H2,35,37)(H,38,40). The highest BCUT2D eigenvalue weighted by atomic mass is 19.4. The number of piperidine rings is 1. The topological polar surface area (TPSA) is 114 Å². The number of aromatic nitrogens is 2. The molecule has 8 nitrogen and oxygen atoms in total. The summed E-state index contributed by atoms with van der Waals surface area (Å²) in [6.45, 7) is 5.74. The fourth-order valence-corrected chi connectivity index (χ4v) is 5.74. The SMILES string of the molecule is CC1(C)C2CN(C(=O)c3ccc(-c4cc(C(F)(F)F)c5oc(CNC(=O)C=Cc6ccc(N)nc6)cc5c4)nc3)CC21. The van der Waals surface area contributed by atoms with Crippen molar-refractivity contribution in [3.8, 4) is 11.3 Å². The zero-order valence-corrected chi connectivity index (χ0v) is 22.9. The van der Waals surface area contributed by atoms with Crippen molar-refractivity contribution in [2.75, 3.05) is 18.8 Å². The first kappa shape index (κ1) is 27.5. The van der Waals surface area contributed by atoms with Crippen molar-refractivity contribution < 1.29 is 27.2 Å². The largest absolute Gasteiger partial charge is 0.459 e. The van der Waals surface area contributed by atoms with Crippen LogP contribution < -0.4 is 11.1 Å². The molecule has 42 heavy (non-hydrogen) atoms. The van der Waals surface area contributed by atoms with E-state index in [1.165, 1.54) is 30.6 Å². The number of amides is 2. The summed E-state index contributed by atoms with van der Waals surface area (Å²) in [5.74, 6) is 0.950. The number of likely N-dealkylation sites (tertiary alicyclic amines) is 1. The Bertz CT molecular complexity index is 1690. The predicted octanol–water partition coefficient (Wildman–Crippen LogP) is 5.55. The van der Waals surface area contributed by atoms with Gasteiger partial charge < -0.3 is 20.4 Å². The Balaban J connectivity index is 1.18. The van der Waals surface area contributed by atoms with Gasteiger partial charge in [-0.05, 0) is 71.4 Å². The monoisotopic (exact) mass is 575 g/mol. The lowest BCUT2D eigenvalue weighted by Crippen LogP contribution is -2.32. The van der Waals surface area contributed by atoms with E-state index in [4.69, 9.17) is 10.2 Å². The molecule has 11 heteroatoms. The lowest BCUT2D eigenvalue weighted by Gasteiger charge is -2.22. The molecule has 0 bridgehead atoms. The molecule has 6 rings (SSSR count). The Morgan fingerprint density at radius 3 is 2.50 bits per heavy atom. The molecule has 4 aromatic rings. The van der Waals surface area contributed by atoms with E-state index < -0.39 is 17.6 Å². The molecule has 0 spiro atoms. The van der Waals surface area contributed by atoms with Gasteiger partial charge in [-0.3, -0.25) is 14.6 Å². The van der Waals surface area contributed by atoms with Gasteiger partial charge in [-0.25, -0.2) is 4.98 Å². The fourth-order valence-electron chi connectivity index (χ4n) is 5.74. The van der Waals surface area contributed by atoms with Crippen molar-refractivity contribution in [1.82, 2.24) is 20.2 Å². The van der Waals surface area contributed by atoms with E-state index in [-0.39, 0.29) is 40.2 Å². The van der Waals surface area contributed by atoms with Crippen molar-refractivity contribution in [3.63, 3.8) is 0 Å². The number of rotatable bonds is 6. The Kier molecular flexibility index (Phi) is 6.55. The van der Waals surface area contributed by atoms with Gasteiger partial charge in [-0.15, -0.1) is 0 Å². The molecule has 2 unspecified atom stereocenters. The zero-order chi connectivity index (χ0) is 29.8. The number of carbonyl (C=O) groups is 2. The number of fused-ring (bicyclic) bond motifs is 2. The highest BCUT2D eigenvalue weighted by molar-refractivity contribution is 5.95. The maximum absolute atomic E-state index is 14.0. The first-order valence-electron chi connectivity index (χ1n) is 13.5. The van der Waals surface area contributed by atoms with Crippen LogP contribution >= 0.6 is 0 Å². The van der Waals surface area contributed by atoms with E-state index >= 15 is 0 Å². The molecule has 4 heterocycles. The molecule has 1 aliphatic carbocycles. The highest BCUT2D eigenvalue weighted by Gasteiger charge is 2.62. The zero-order valence-electron chi connectivity index (χ0n) is 22.9. The lowest BCUT2D eigenvalue weighted by atomic mass is 10.0. The van der Waals surface area contributed by atoms with Crippen molar-refractivity contribution in [3.05, 3.63) is 83.4 Å². The minimum absolute atomic E-state index is 0.116. The van der Waals surface area contributed by atoms with Gasteiger partial charge in [-0.2, -0.15) is 13.2 Å². The van der Waals surface area contributed by atoms with Crippen LogP contribution in [0.3, 0.4) is 0 Å². The number of hydrogen-bond acceptors (Lipinski definition) is 6. The summed E-state index contributed by atoms with van der Waals surface area (Å²) < 4.78 is 47.6. The number of alkyl halides is 3. The van der Waals surface area contributed by atoms with Gasteiger partial charge in [0, 0.05) is 42.5 Å². The smallest absolute Gasteiger partial charge is 0.420 e. The first-order valence-corrected chi connectivity index (χ1v) is 13.5. The Morgan fingerprint density at radius 2 is 1.86 bits per heavy atom. The number of benzene rings is 1. The van der Waals surface area contributed by atoms with Gasteiger partial charge in [-0.1, -0.05) is 13.8 Å². The molecule has 1 aliphatic heterocycles. The number of nitrogens with two attached hydrogens (primary N) is 1. The minimum Gasteiger partial charge on any atom is -0.459 e. The second-order valence-electron chi connectivity index (χ2n) is 11.4. The third kappa shape index (κ3) is 5.22. The van der Waals surface area contributed by atoms with E-state index in [9.17, 15) is 22.8 Å². The molecule has 1 aromatic carbocycles. The predicted molar refractivity (Wildman–Crippen MR) is 151 cm³/mol. The summed E-state index contributed by atoms with van der Waals surface area (Å²) in [6, 6.07) is 10.4. The number of anilines is 1. The van der Waals surface area contributed by atoms with Crippen LogP contribution in [0, 0.1) is 17.3 Å². The van der Waals surface area contributed by atoms with E-state index in [0.29, 0.717) is 47.6 Å². The van der Waals surface area contributed by atoms with Crippen LogP contribution in [0.25, 0.3) is 28.3 Å². The van der Waals surface area contributed by atoms with Crippen LogP contribution in [0.15, 0.2) is 65.4 Å². The van der Waals surface area contributed by atoms with E-state index in [1.54, 1.807) is 30.3 Å². The maximum Gasteiger partial charge on any atom is 0.420 e. The number of nitrogens with one attached hydrogen (secondary N) is 1. The highest BCUT2D eigenvalue weighted by Crippen LogP contribution is 2.62. The van der Waals surface area contributed by atoms with Crippen LogP contribution in [-0.4, -0.2) is 39.8 Å². The maximum atomic E-state index is 14.0. The number of nitrogens with zero attached hydrogens (tertiary/aromatic N) is 3. The summed E-state index contributed by atoms with van der Waals surface area (Å²) in [5, 5.41) is 2.82. The Morgan fingerprint density at radius 1 is 1.10 bits per heavy atom. The lowest BCUT2D eigenvalue weighted by molar-refractivity contribution is -0.136. The second-order valence-corrected chi connectivity index (χ2v) is 11.4. The molecule has 2 aliphatic rings. The number of carbonyl (C=O) groups excluding carboxylic acids is 2. The number of hydrogen-bond donors (Lipinski definition) is 2.